The summed E-state index contributed by atoms with van der Waals surface area (Å²) in [5.74, 6) is 1.41. The summed E-state index contributed by atoms with van der Waals surface area (Å²) in [5, 5.41) is 3.25. The number of carbonyl (C=O) groups is 2. The summed E-state index contributed by atoms with van der Waals surface area (Å²) in [5.41, 5.74) is -0.829. The number of methoxy groups -OCH3 is 1. The smallest absolute Gasteiger partial charge is 0.311 e. The highest BCUT2D eigenvalue weighted by molar-refractivity contribution is 6.16. The van der Waals surface area contributed by atoms with Gasteiger partial charge < -0.3 is 10.1 Å². The van der Waals surface area contributed by atoms with Crippen LogP contribution in [-0.4, -0.2) is 30.6 Å². The first-order chi connectivity index (χ1) is 10.5. The van der Waals surface area contributed by atoms with Crippen LogP contribution in [0.25, 0.3) is 0 Å². The van der Waals surface area contributed by atoms with Crippen LogP contribution in [0.15, 0.2) is 0 Å². The molecule has 0 aliphatic heterocycles. The summed E-state index contributed by atoms with van der Waals surface area (Å²) in [6.07, 6.45) is 6.56. The van der Waals surface area contributed by atoms with Crippen LogP contribution in [0.4, 0.5) is 0 Å². The normalized spacial score (nSPS) is 43.7. The number of nitrogens with one attached hydrogen (secondary N) is 2. The number of rotatable bonds is 4. The zero-order valence-corrected chi connectivity index (χ0v) is 13.6. The molecule has 0 heterocycles. The van der Waals surface area contributed by atoms with E-state index < -0.39 is 5.54 Å². The number of hydrogen-bond donors (Lipinski definition) is 2. The molecule has 0 spiro atoms. The molecule has 5 saturated carbocycles. The fraction of sp³-hybridized carbons (Fsp3) is 0.875. The molecule has 0 aromatic carbocycles. The van der Waals surface area contributed by atoms with Gasteiger partial charge in [-0.05, 0) is 74.5 Å². The van der Waals surface area contributed by atoms with E-state index in [1.807, 2.05) is 0 Å². The Morgan fingerprint density at radius 2 is 1.77 bits per heavy atom. The van der Waals surface area contributed by atoms with Crippen molar-refractivity contribution >= 4 is 23.7 Å². The third-order valence-corrected chi connectivity index (χ3v) is 6.92. The minimum absolute atomic E-state index is 0.0343. The second-order valence-corrected chi connectivity index (χ2v) is 8.11. The zero-order valence-electron chi connectivity index (χ0n) is 12.9. The molecule has 0 saturated heterocycles. The molecule has 0 aromatic heterocycles. The van der Waals surface area contributed by atoms with E-state index in [9.17, 15) is 9.59 Å². The van der Waals surface area contributed by atoms with E-state index in [1.54, 1.807) is 0 Å². The number of amides is 1. The van der Waals surface area contributed by atoms with Crippen molar-refractivity contribution in [2.45, 2.75) is 56.5 Å². The summed E-state index contributed by atoms with van der Waals surface area (Å²) in [6.45, 7) is 0. The minimum atomic E-state index is -0.545. The van der Waals surface area contributed by atoms with Gasteiger partial charge >= 0.3 is 5.97 Å². The molecule has 2 atom stereocenters. The highest BCUT2D eigenvalue weighted by Gasteiger charge is 2.60. The van der Waals surface area contributed by atoms with Gasteiger partial charge in [-0.3, -0.25) is 9.59 Å². The first-order valence-electron chi connectivity index (χ1n) is 8.29. The van der Waals surface area contributed by atoms with Crippen LogP contribution in [0.2, 0.25) is 0 Å². The Labute approximate surface area is 135 Å². The largest absolute Gasteiger partial charge is 0.469 e. The van der Waals surface area contributed by atoms with Crippen LogP contribution in [0.5, 0.6) is 0 Å². The summed E-state index contributed by atoms with van der Waals surface area (Å²) < 4.78 is 5.08. The Morgan fingerprint density at radius 3 is 2.27 bits per heavy atom. The van der Waals surface area contributed by atoms with Gasteiger partial charge in [0.05, 0.1) is 12.5 Å². The standard InChI is InChI=1S/C16H23ClN2O3/c1-22-14(21)15-6-9-4-10(7-15)12(11(5-9)8-15)18-13(20)16(19-17)2-3-16/h9-12,19H,2-8H2,1H3,(H,18,20). The maximum absolute atomic E-state index is 12.5. The summed E-state index contributed by atoms with van der Waals surface area (Å²) in [6, 6.07) is 0.198. The molecule has 5 aliphatic rings. The van der Waals surface area contributed by atoms with E-state index in [2.05, 4.69) is 10.2 Å². The van der Waals surface area contributed by atoms with Crippen LogP contribution in [0.1, 0.15) is 44.9 Å². The predicted octanol–water partition coefficient (Wildman–Crippen LogP) is 1.75. The minimum Gasteiger partial charge on any atom is -0.469 e. The topological polar surface area (TPSA) is 67.4 Å². The average Bonchev–Trinajstić information content (AvgIpc) is 3.30. The monoisotopic (exact) mass is 326 g/mol. The van der Waals surface area contributed by atoms with Crippen molar-refractivity contribution in [3.63, 3.8) is 0 Å². The van der Waals surface area contributed by atoms with Gasteiger partial charge in [0.25, 0.3) is 0 Å². The van der Waals surface area contributed by atoms with Crippen molar-refractivity contribution in [3.8, 4) is 0 Å². The van der Waals surface area contributed by atoms with Crippen LogP contribution >= 0.6 is 11.8 Å². The molecule has 5 aliphatic carbocycles. The molecular formula is C16H23ClN2O3. The van der Waals surface area contributed by atoms with Gasteiger partial charge in [0.2, 0.25) is 5.91 Å². The van der Waals surface area contributed by atoms with E-state index in [-0.39, 0.29) is 23.3 Å². The summed E-state index contributed by atoms with van der Waals surface area (Å²) in [4.78, 5) is 27.4. The van der Waals surface area contributed by atoms with Crippen LogP contribution in [-0.2, 0) is 14.3 Å². The van der Waals surface area contributed by atoms with Gasteiger partial charge in [0.15, 0.2) is 0 Å². The van der Waals surface area contributed by atoms with Gasteiger partial charge in [-0.25, -0.2) is 4.84 Å². The Hall–Kier alpha value is -0.810. The van der Waals surface area contributed by atoms with Gasteiger partial charge in [-0.2, -0.15) is 0 Å². The number of ether oxygens (including phenoxy) is 1. The van der Waals surface area contributed by atoms with Crippen molar-refractivity contribution in [1.82, 2.24) is 10.2 Å². The molecule has 4 bridgehead atoms. The Kier molecular flexibility index (Phi) is 3.25. The molecule has 122 valence electrons. The van der Waals surface area contributed by atoms with Crippen LogP contribution in [0, 0.1) is 23.2 Å². The van der Waals surface area contributed by atoms with Crippen molar-refractivity contribution in [2.24, 2.45) is 23.2 Å². The molecule has 5 rings (SSSR count). The highest BCUT2D eigenvalue weighted by atomic mass is 35.5. The molecule has 0 aromatic rings. The molecule has 6 heteroatoms. The number of halogens is 1. The molecule has 0 radical (unpaired) electrons. The number of hydrogen-bond acceptors (Lipinski definition) is 4. The second-order valence-electron chi connectivity index (χ2n) is 7.92. The first-order valence-corrected chi connectivity index (χ1v) is 8.67. The third-order valence-electron chi connectivity index (χ3n) is 6.55. The fourth-order valence-electron chi connectivity index (χ4n) is 5.51. The van der Waals surface area contributed by atoms with Crippen molar-refractivity contribution in [3.05, 3.63) is 0 Å². The van der Waals surface area contributed by atoms with E-state index in [4.69, 9.17) is 16.5 Å². The maximum Gasteiger partial charge on any atom is 0.311 e. The molecular weight excluding hydrogens is 304 g/mol. The lowest BCUT2D eigenvalue weighted by Gasteiger charge is -2.58. The summed E-state index contributed by atoms with van der Waals surface area (Å²) in [7, 11) is 1.49. The van der Waals surface area contributed by atoms with Gasteiger partial charge in [-0.1, -0.05) is 0 Å². The van der Waals surface area contributed by atoms with Crippen molar-refractivity contribution < 1.29 is 14.3 Å². The summed E-state index contributed by atoms with van der Waals surface area (Å²) >= 11 is 5.73. The van der Waals surface area contributed by atoms with Crippen LogP contribution < -0.4 is 10.2 Å². The molecule has 5 fully saturated rings. The van der Waals surface area contributed by atoms with Gasteiger partial charge in [-0.15, -0.1) is 0 Å². The van der Waals surface area contributed by atoms with Crippen molar-refractivity contribution in [1.29, 1.82) is 0 Å². The van der Waals surface area contributed by atoms with E-state index in [1.165, 1.54) is 7.11 Å². The first kappa shape index (κ1) is 14.8. The van der Waals surface area contributed by atoms with E-state index in [0.29, 0.717) is 17.8 Å². The molecule has 2 unspecified atom stereocenters. The number of carbonyl (C=O) groups excluding carboxylic acids is 2. The van der Waals surface area contributed by atoms with E-state index in [0.717, 1.165) is 44.9 Å². The van der Waals surface area contributed by atoms with Gasteiger partial charge in [0, 0.05) is 6.04 Å². The SMILES string of the molecule is COC(=O)C12CC3CC(C1)C(NC(=O)C1(NCl)CC1)C(C3)C2. The third kappa shape index (κ3) is 2.01. The second kappa shape index (κ2) is 4.84. The predicted molar refractivity (Wildman–Crippen MR) is 80.9 cm³/mol. The Balaban J connectivity index is 1.51. The zero-order chi connectivity index (χ0) is 15.5. The number of esters is 1. The molecule has 2 N–H and O–H groups in total. The lowest BCUT2D eigenvalue weighted by Crippen LogP contribution is -2.62. The highest BCUT2D eigenvalue weighted by Crippen LogP contribution is 2.60. The van der Waals surface area contributed by atoms with Gasteiger partial charge in [0.1, 0.15) is 5.54 Å². The fourth-order valence-corrected chi connectivity index (χ4v) is 5.78. The van der Waals surface area contributed by atoms with Crippen LogP contribution in [0.3, 0.4) is 0 Å². The lowest BCUT2D eigenvalue weighted by molar-refractivity contribution is -0.171. The maximum atomic E-state index is 12.5. The quantitative estimate of drug-likeness (QED) is 0.610. The molecule has 1 amide bonds. The lowest BCUT2D eigenvalue weighted by atomic mass is 9.48. The van der Waals surface area contributed by atoms with Crippen molar-refractivity contribution in [2.75, 3.05) is 7.11 Å². The van der Waals surface area contributed by atoms with E-state index >= 15 is 0 Å². The Morgan fingerprint density at radius 1 is 1.14 bits per heavy atom. The molecule has 22 heavy (non-hydrogen) atoms. The molecule has 5 nitrogen and oxygen atoms in total. The Bertz CT molecular complexity index is 504. The average molecular weight is 327 g/mol.